The molecule has 9 nitrogen and oxygen atoms in total. The van der Waals surface area contributed by atoms with Crippen LogP contribution in [0.15, 0.2) is 49.2 Å². The van der Waals surface area contributed by atoms with Gasteiger partial charge in [0.1, 0.15) is 23.1 Å². The van der Waals surface area contributed by atoms with E-state index in [1.807, 2.05) is 16.7 Å². The zero-order chi connectivity index (χ0) is 28.3. The first-order valence-corrected chi connectivity index (χ1v) is 13.4. The number of imidazole rings is 1. The number of para-hydroxylation sites is 1. The van der Waals surface area contributed by atoms with Crippen LogP contribution in [0.4, 0.5) is 19.1 Å². The number of anilines is 1. The summed E-state index contributed by atoms with van der Waals surface area (Å²) < 4.78 is 48.0. The van der Waals surface area contributed by atoms with Crippen molar-refractivity contribution >= 4 is 28.8 Å². The van der Waals surface area contributed by atoms with Crippen molar-refractivity contribution in [2.24, 2.45) is 0 Å². The third-order valence-corrected chi connectivity index (χ3v) is 7.29. The second-order valence-corrected chi connectivity index (χ2v) is 10.0. The molecule has 0 unspecified atom stereocenters. The molecule has 2 saturated heterocycles. The second kappa shape index (κ2) is 11.7. The van der Waals surface area contributed by atoms with Crippen LogP contribution in [0.3, 0.4) is 0 Å². The van der Waals surface area contributed by atoms with Crippen molar-refractivity contribution in [1.29, 1.82) is 0 Å². The summed E-state index contributed by atoms with van der Waals surface area (Å²) in [5.41, 5.74) is -0.122. The average molecular weight is 557 g/mol. The van der Waals surface area contributed by atoms with E-state index < -0.39 is 17.8 Å². The highest BCUT2D eigenvalue weighted by Crippen LogP contribution is 2.36. The van der Waals surface area contributed by atoms with Crippen LogP contribution in [0, 0.1) is 0 Å². The fraction of sp³-hybridized carbons (Fsp3) is 0.429. The molecule has 2 aliphatic heterocycles. The third kappa shape index (κ3) is 5.96. The molecular formula is C28H31F3N6O3. The largest absolute Gasteiger partial charge is 0.488 e. The number of ether oxygens (including phenoxy) is 1. The Morgan fingerprint density at radius 1 is 1.15 bits per heavy atom. The molecule has 0 spiro atoms. The molecule has 0 bridgehead atoms. The lowest BCUT2D eigenvalue weighted by molar-refractivity contribution is -0.141. The average Bonchev–Trinajstić information content (AvgIpc) is 3.14. The Labute approximate surface area is 229 Å². The number of carbonyl (C=O) groups excluding carboxylic acids is 2. The zero-order valence-electron chi connectivity index (χ0n) is 21.9. The molecule has 2 aromatic heterocycles. The summed E-state index contributed by atoms with van der Waals surface area (Å²) in [7, 11) is 0. The van der Waals surface area contributed by atoms with Crippen LogP contribution in [0.1, 0.15) is 54.2 Å². The van der Waals surface area contributed by atoms with Crippen molar-refractivity contribution in [3.8, 4) is 5.75 Å². The van der Waals surface area contributed by atoms with Gasteiger partial charge in [0.15, 0.2) is 0 Å². The van der Waals surface area contributed by atoms with Crippen molar-refractivity contribution in [2.45, 2.75) is 50.4 Å². The summed E-state index contributed by atoms with van der Waals surface area (Å²) in [4.78, 5) is 35.5. The van der Waals surface area contributed by atoms with E-state index >= 15 is 0 Å². The van der Waals surface area contributed by atoms with E-state index in [0.29, 0.717) is 42.4 Å². The van der Waals surface area contributed by atoms with Crippen LogP contribution < -0.4 is 15.4 Å². The first kappa shape index (κ1) is 27.6. The number of likely N-dealkylation sites (tertiary alicyclic amines) is 1. The Balaban J connectivity index is 1.57. The standard InChI is InChI=1S/C28H31F3N6O3/c1-2-24(38)36-15-4-3-6-19(17-36)37-25-21(7-5-8-22(25)40-20-10-12-32-13-11-20)34-27(37)35-26(39)18-9-14-33-23(16-18)28(29,30)31/h2,5,7-9,14,16,19-20,32H,1,3-4,6,10-13,15,17H2,(H,34,35,39)/t19-/m1/s1. The van der Waals surface area contributed by atoms with E-state index in [9.17, 15) is 22.8 Å². The lowest BCUT2D eigenvalue weighted by Crippen LogP contribution is -2.35. The molecule has 1 atom stereocenters. The summed E-state index contributed by atoms with van der Waals surface area (Å²) in [6.45, 7) is 6.23. The molecule has 3 aromatic rings. The normalized spacial score (nSPS) is 18.8. The van der Waals surface area contributed by atoms with Crippen molar-refractivity contribution in [2.75, 3.05) is 31.5 Å². The molecular weight excluding hydrogens is 525 g/mol. The number of aromatic nitrogens is 3. The Morgan fingerprint density at radius 3 is 2.70 bits per heavy atom. The van der Waals surface area contributed by atoms with Gasteiger partial charge in [0.2, 0.25) is 11.9 Å². The topological polar surface area (TPSA) is 101 Å². The SMILES string of the molecule is C=CC(=O)N1CCCC[C@@H](n2c(NC(=O)c3ccnc(C(F)(F)F)c3)nc3cccc(OC4CCNCC4)c32)C1. The highest BCUT2D eigenvalue weighted by atomic mass is 19.4. The molecule has 0 aliphatic carbocycles. The van der Waals surface area contributed by atoms with Crippen molar-refractivity contribution in [3.63, 3.8) is 0 Å². The smallest absolute Gasteiger partial charge is 0.433 e. The zero-order valence-corrected chi connectivity index (χ0v) is 21.9. The van der Waals surface area contributed by atoms with E-state index in [1.54, 1.807) is 11.0 Å². The van der Waals surface area contributed by atoms with Crippen molar-refractivity contribution in [3.05, 3.63) is 60.4 Å². The minimum atomic E-state index is -4.69. The number of fused-ring (bicyclic) bond motifs is 1. The van der Waals surface area contributed by atoms with Gasteiger partial charge in [-0.15, -0.1) is 0 Å². The monoisotopic (exact) mass is 556 g/mol. The predicted molar refractivity (Wildman–Crippen MR) is 143 cm³/mol. The van der Waals surface area contributed by atoms with Crippen molar-refractivity contribution in [1.82, 2.24) is 24.8 Å². The summed E-state index contributed by atoms with van der Waals surface area (Å²) in [6.07, 6.45) is 1.55. The maximum absolute atomic E-state index is 13.2. The number of pyridine rings is 1. The molecule has 2 aliphatic rings. The van der Waals surface area contributed by atoms with Crippen LogP contribution in [-0.4, -0.2) is 63.5 Å². The number of halogens is 3. The summed E-state index contributed by atoms with van der Waals surface area (Å²) >= 11 is 0. The minimum Gasteiger partial charge on any atom is -0.488 e. The van der Waals surface area contributed by atoms with Gasteiger partial charge in [-0.1, -0.05) is 12.6 Å². The molecule has 40 heavy (non-hydrogen) atoms. The van der Waals surface area contributed by atoms with Crippen LogP contribution in [0.25, 0.3) is 11.0 Å². The number of alkyl halides is 3. The highest BCUT2D eigenvalue weighted by Gasteiger charge is 2.33. The fourth-order valence-electron chi connectivity index (χ4n) is 5.31. The number of nitrogens with one attached hydrogen (secondary N) is 2. The Bertz CT molecular complexity index is 1400. The number of hydrogen-bond acceptors (Lipinski definition) is 6. The van der Waals surface area contributed by atoms with Crippen LogP contribution in [-0.2, 0) is 11.0 Å². The minimum absolute atomic E-state index is 0.00109. The first-order chi connectivity index (χ1) is 19.2. The Morgan fingerprint density at radius 2 is 1.95 bits per heavy atom. The lowest BCUT2D eigenvalue weighted by Gasteiger charge is -2.28. The predicted octanol–water partition coefficient (Wildman–Crippen LogP) is 4.57. The summed E-state index contributed by atoms with van der Waals surface area (Å²) in [5, 5.41) is 6.05. The molecule has 1 aromatic carbocycles. The Hall–Kier alpha value is -3.93. The van der Waals surface area contributed by atoms with Gasteiger partial charge >= 0.3 is 6.18 Å². The molecule has 2 amide bonds. The molecule has 2 N–H and O–H groups in total. The van der Waals surface area contributed by atoms with Gasteiger partial charge in [0.25, 0.3) is 5.91 Å². The fourth-order valence-corrected chi connectivity index (χ4v) is 5.31. The number of hydrogen-bond donors (Lipinski definition) is 2. The molecule has 4 heterocycles. The van der Waals surface area contributed by atoms with Gasteiger partial charge in [-0.2, -0.15) is 13.2 Å². The molecule has 2 fully saturated rings. The number of nitrogens with zero attached hydrogens (tertiary/aromatic N) is 4. The number of amides is 2. The quantitative estimate of drug-likeness (QED) is 0.432. The van der Waals surface area contributed by atoms with E-state index in [2.05, 4.69) is 27.2 Å². The van der Waals surface area contributed by atoms with Gasteiger partial charge in [-0.3, -0.25) is 19.9 Å². The van der Waals surface area contributed by atoms with Crippen LogP contribution >= 0.6 is 0 Å². The van der Waals surface area contributed by atoms with E-state index in [0.717, 1.165) is 45.0 Å². The van der Waals surface area contributed by atoms with Gasteiger partial charge in [-0.05, 0) is 75.5 Å². The van der Waals surface area contributed by atoms with E-state index in [-0.39, 0.29) is 29.6 Å². The number of benzene rings is 1. The van der Waals surface area contributed by atoms with E-state index in [1.165, 1.54) is 12.1 Å². The summed E-state index contributed by atoms with van der Waals surface area (Å²) in [6, 6.07) is 7.14. The molecule has 212 valence electrons. The van der Waals surface area contributed by atoms with Crippen molar-refractivity contribution < 1.29 is 27.5 Å². The number of carbonyl (C=O) groups is 2. The van der Waals surface area contributed by atoms with Gasteiger partial charge in [0, 0.05) is 24.8 Å². The molecule has 0 radical (unpaired) electrons. The van der Waals surface area contributed by atoms with Crippen LogP contribution in [0.5, 0.6) is 5.75 Å². The number of rotatable bonds is 6. The third-order valence-electron chi connectivity index (χ3n) is 7.29. The van der Waals surface area contributed by atoms with Gasteiger partial charge in [-0.25, -0.2) is 4.98 Å². The lowest BCUT2D eigenvalue weighted by atomic mass is 10.1. The maximum Gasteiger partial charge on any atom is 0.433 e. The van der Waals surface area contributed by atoms with Gasteiger partial charge < -0.3 is 19.5 Å². The molecule has 12 heteroatoms. The highest BCUT2D eigenvalue weighted by molar-refractivity contribution is 6.04. The van der Waals surface area contributed by atoms with Crippen LogP contribution in [0.2, 0.25) is 0 Å². The number of piperidine rings is 1. The van der Waals surface area contributed by atoms with Gasteiger partial charge in [0.05, 0.1) is 11.6 Å². The maximum atomic E-state index is 13.2. The Kier molecular flexibility index (Phi) is 8.06. The first-order valence-electron chi connectivity index (χ1n) is 13.4. The van der Waals surface area contributed by atoms with E-state index in [4.69, 9.17) is 4.74 Å². The molecule has 0 saturated carbocycles. The molecule has 5 rings (SSSR count). The second-order valence-electron chi connectivity index (χ2n) is 10.0. The summed E-state index contributed by atoms with van der Waals surface area (Å²) in [5.74, 6) is -0.168.